The Morgan fingerprint density at radius 3 is 2.67 bits per heavy atom. The fourth-order valence-electron chi connectivity index (χ4n) is 1.60. The van der Waals surface area contributed by atoms with Crippen LogP contribution in [0.2, 0.25) is 0 Å². The number of aromatic carboxylic acids is 1. The Hall–Kier alpha value is -2.03. The lowest BCUT2D eigenvalue weighted by Crippen LogP contribution is -1.97. The van der Waals surface area contributed by atoms with Gasteiger partial charge in [-0.2, -0.15) is 0 Å². The smallest absolute Gasteiger partial charge is 0.335 e. The normalized spacial score (nSPS) is 10.5. The molecule has 2 aromatic rings. The minimum atomic E-state index is -0.920. The molecule has 0 aliphatic carbocycles. The van der Waals surface area contributed by atoms with Crippen LogP contribution in [-0.4, -0.2) is 11.1 Å². The zero-order valence-corrected chi connectivity index (χ0v) is 8.32. The molecule has 0 spiro atoms. The Labute approximate surface area is 87.1 Å². The average Bonchev–Trinajstić information content (AvgIpc) is 2.23. The number of carboxylic acid groups (broad SMARTS) is 1. The van der Waals surface area contributed by atoms with Crippen molar-refractivity contribution in [1.82, 2.24) is 0 Å². The molecule has 0 saturated heterocycles. The summed E-state index contributed by atoms with van der Waals surface area (Å²) in [6, 6.07) is 8.73. The molecule has 2 rings (SSSR count). The summed E-state index contributed by atoms with van der Waals surface area (Å²) in [5.41, 5.74) is 7.90. The number of nitrogen functional groups attached to an aromatic ring is 1. The van der Waals surface area contributed by atoms with E-state index in [4.69, 9.17) is 10.8 Å². The number of rotatable bonds is 1. The van der Waals surface area contributed by atoms with Crippen LogP contribution in [0.4, 0.5) is 5.69 Å². The van der Waals surface area contributed by atoms with Gasteiger partial charge in [0.1, 0.15) is 0 Å². The summed E-state index contributed by atoms with van der Waals surface area (Å²) in [6.45, 7) is 1.93. The zero-order valence-electron chi connectivity index (χ0n) is 8.32. The van der Waals surface area contributed by atoms with Gasteiger partial charge in [-0.05, 0) is 30.0 Å². The van der Waals surface area contributed by atoms with Crippen molar-refractivity contribution in [2.45, 2.75) is 6.92 Å². The fraction of sp³-hybridized carbons (Fsp3) is 0.0833. The van der Waals surface area contributed by atoms with Crippen LogP contribution in [0.3, 0.4) is 0 Å². The Bertz CT molecular complexity index is 547. The first kappa shape index (κ1) is 9.52. The second-order valence-corrected chi connectivity index (χ2v) is 3.54. The number of benzene rings is 2. The Morgan fingerprint density at radius 1 is 1.27 bits per heavy atom. The second kappa shape index (κ2) is 3.28. The van der Waals surface area contributed by atoms with E-state index in [-0.39, 0.29) is 5.56 Å². The SMILES string of the molecule is Cc1ccc2cc(C(=O)O)ccc2c1N. The summed E-state index contributed by atoms with van der Waals surface area (Å²) in [4.78, 5) is 10.8. The van der Waals surface area contributed by atoms with Gasteiger partial charge in [-0.1, -0.05) is 18.2 Å². The van der Waals surface area contributed by atoms with Crippen molar-refractivity contribution in [1.29, 1.82) is 0 Å². The maximum atomic E-state index is 10.8. The standard InChI is InChI=1S/C12H11NO2/c1-7-2-3-8-6-9(12(14)15)4-5-10(8)11(7)13/h2-6H,13H2,1H3,(H,14,15). The highest BCUT2D eigenvalue weighted by molar-refractivity contribution is 5.99. The molecule has 0 amide bonds. The van der Waals surface area contributed by atoms with Crippen LogP contribution in [0.25, 0.3) is 10.8 Å². The third-order valence-electron chi connectivity index (χ3n) is 2.53. The quantitative estimate of drug-likeness (QED) is 0.696. The summed E-state index contributed by atoms with van der Waals surface area (Å²) in [5.74, 6) is -0.920. The molecule has 0 heterocycles. The molecule has 3 heteroatoms. The lowest BCUT2D eigenvalue weighted by molar-refractivity contribution is 0.0697. The topological polar surface area (TPSA) is 63.3 Å². The first-order chi connectivity index (χ1) is 7.09. The van der Waals surface area contributed by atoms with Crippen molar-refractivity contribution in [2.75, 3.05) is 5.73 Å². The third kappa shape index (κ3) is 1.52. The van der Waals surface area contributed by atoms with Gasteiger partial charge in [-0.3, -0.25) is 0 Å². The van der Waals surface area contributed by atoms with E-state index in [0.717, 1.165) is 16.3 Å². The maximum Gasteiger partial charge on any atom is 0.335 e. The lowest BCUT2D eigenvalue weighted by Gasteiger charge is -2.05. The summed E-state index contributed by atoms with van der Waals surface area (Å²) >= 11 is 0. The molecule has 0 saturated carbocycles. The predicted octanol–water partition coefficient (Wildman–Crippen LogP) is 2.43. The number of hydrogen-bond acceptors (Lipinski definition) is 2. The molecule has 76 valence electrons. The molecule has 0 aromatic heterocycles. The van der Waals surface area contributed by atoms with Crippen molar-refractivity contribution < 1.29 is 9.90 Å². The largest absolute Gasteiger partial charge is 0.478 e. The summed E-state index contributed by atoms with van der Waals surface area (Å²) in [6.07, 6.45) is 0. The van der Waals surface area contributed by atoms with Gasteiger partial charge in [-0.15, -0.1) is 0 Å². The molecule has 3 N–H and O–H groups in total. The molecule has 0 bridgehead atoms. The lowest BCUT2D eigenvalue weighted by atomic mass is 10.0. The molecule has 0 atom stereocenters. The summed E-state index contributed by atoms with van der Waals surface area (Å²) in [5, 5.41) is 10.6. The molecule has 15 heavy (non-hydrogen) atoms. The molecule has 3 nitrogen and oxygen atoms in total. The first-order valence-corrected chi connectivity index (χ1v) is 4.62. The minimum Gasteiger partial charge on any atom is -0.478 e. The van der Waals surface area contributed by atoms with Crippen LogP contribution in [-0.2, 0) is 0 Å². The average molecular weight is 201 g/mol. The molecule has 0 aliphatic rings. The Kier molecular flexibility index (Phi) is 2.08. The maximum absolute atomic E-state index is 10.8. The number of hydrogen-bond donors (Lipinski definition) is 2. The van der Waals surface area contributed by atoms with Crippen LogP contribution in [0.1, 0.15) is 15.9 Å². The van der Waals surface area contributed by atoms with Crippen LogP contribution in [0.15, 0.2) is 30.3 Å². The number of carbonyl (C=O) groups is 1. The van der Waals surface area contributed by atoms with E-state index in [1.54, 1.807) is 18.2 Å². The predicted molar refractivity (Wildman–Crippen MR) is 60.1 cm³/mol. The number of fused-ring (bicyclic) bond motifs is 1. The van der Waals surface area contributed by atoms with E-state index in [1.165, 1.54) is 0 Å². The molecule has 0 radical (unpaired) electrons. The summed E-state index contributed by atoms with van der Waals surface area (Å²) in [7, 11) is 0. The van der Waals surface area contributed by atoms with E-state index in [2.05, 4.69) is 0 Å². The number of anilines is 1. The van der Waals surface area contributed by atoms with Crippen molar-refractivity contribution in [3.63, 3.8) is 0 Å². The van der Waals surface area contributed by atoms with Crippen molar-refractivity contribution in [3.8, 4) is 0 Å². The van der Waals surface area contributed by atoms with E-state index in [9.17, 15) is 4.79 Å². The van der Waals surface area contributed by atoms with Crippen LogP contribution in [0.5, 0.6) is 0 Å². The van der Waals surface area contributed by atoms with Gasteiger partial charge in [-0.25, -0.2) is 4.79 Å². The molecule has 2 aromatic carbocycles. The number of nitrogens with two attached hydrogens (primary N) is 1. The molecule has 0 fully saturated rings. The van der Waals surface area contributed by atoms with Gasteiger partial charge in [0.2, 0.25) is 0 Å². The second-order valence-electron chi connectivity index (χ2n) is 3.54. The van der Waals surface area contributed by atoms with Gasteiger partial charge >= 0.3 is 5.97 Å². The Balaban J connectivity index is 2.75. The van der Waals surface area contributed by atoms with Gasteiger partial charge in [0.05, 0.1) is 5.56 Å². The summed E-state index contributed by atoms with van der Waals surface area (Å²) < 4.78 is 0. The van der Waals surface area contributed by atoms with Gasteiger partial charge in [0.15, 0.2) is 0 Å². The van der Waals surface area contributed by atoms with Crippen LogP contribution in [0, 0.1) is 6.92 Å². The Morgan fingerprint density at radius 2 is 2.00 bits per heavy atom. The highest BCUT2D eigenvalue weighted by atomic mass is 16.4. The molecular weight excluding hydrogens is 190 g/mol. The molecule has 0 unspecified atom stereocenters. The van der Waals surface area contributed by atoms with Crippen LogP contribution >= 0.6 is 0 Å². The van der Waals surface area contributed by atoms with E-state index >= 15 is 0 Å². The third-order valence-corrected chi connectivity index (χ3v) is 2.53. The van der Waals surface area contributed by atoms with Gasteiger partial charge in [0.25, 0.3) is 0 Å². The number of aryl methyl sites for hydroxylation is 1. The van der Waals surface area contributed by atoms with Gasteiger partial charge < -0.3 is 10.8 Å². The monoisotopic (exact) mass is 201 g/mol. The van der Waals surface area contributed by atoms with Crippen molar-refractivity contribution in [3.05, 3.63) is 41.5 Å². The van der Waals surface area contributed by atoms with Crippen molar-refractivity contribution >= 4 is 22.4 Å². The number of carboxylic acids is 1. The van der Waals surface area contributed by atoms with Gasteiger partial charge in [0, 0.05) is 11.1 Å². The zero-order chi connectivity index (χ0) is 11.0. The minimum absolute atomic E-state index is 0.283. The highest BCUT2D eigenvalue weighted by Crippen LogP contribution is 2.25. The van der Waals surface area contributed by atoms with E-state index in [1.807, 2.05) is 19.1 Å². The van der Waals surface area contributed by atoms with Crippen molar-refractivity contribution in [2.24, 2.45) is 0 Å². The van der Waals surface area contributed by atoms with E-state index < -0.39 is 5.97 Å². The first-order valence-electron chi connectivity index (χ1n) is 4.62. The molecular formula is C12H11NO2. The van der Waals surface area contributed by atoms with Crippen LogP contribution < -0.4 is 5.73 Å². The fourth-order valence-corrected chi connectivity index (χ4v) is 1.60. The highest BCUT2D eigenvalue weighted by Gasteiger charge is 2.05. The van der Waals surface area contributed by atoms with E-state index in [0.29, 0.717) is 5.69 Å². The molecule has 0 aliphatic heterocycles.